The molecule has 0 bridgehead atoms. The average molecular weight is 386 g/mol. The maximum atomic E-state index is 13.0. The van der Waals surface area contributed by atoms with Gasteiger partial charge in [0.2, 0.25) is 10.0 Å². The Morgan fingerprint density at radius 2 is 1.89 bits per heavy atom. The number of anilines is 1. The Labute approximate surface area is 155 Å². The number of H-pyrrole nitrogens is 1. The molecular formula is C17H18N6O3S. The van der Waals surface area contributed by atoms with Crippen LogP contribution in [0.15, 0.2) is 47.8 Å². The Hall–Kier alpha value is -2.98. The molecule has 140 valence electrons. The van der Waals surface area contributed by atoms with Gasteiger partial charge >= 0.3 is 0 Å². The molecule has 1 aliphatic heterocycles. The van der Waals surface area contributed by atoms with Gasteiger partial charge in [-0.1, -0.05) is 0 Å². The summed E-state index contributed by atoms with van der Waals surface area (Å²) >= 11 is 0. The van der Waals surface area contributed by atoms with Crippen molar-refractivity contribution in [2.45, 2.75) is 4.90 Å². The molecule has 0 aliphatic carbocycles. The number of benzene rings is 1. The lowest BCUT2D eigenvalue weighted by atomic mass is 10.2. The predicted octanol–water partition coefficient (Wildman–Crippen LogP) is 0.568. The van der Waals surface area contributed by atoms with Crippen LogP contribution in [0.25, 0.3) is 11.0 Å². The van der Waals surface area contributed by atoms with Crippen LogP contribution in [0.4, 0.5) is 5.82 Å². The van der Waals surface area contributed by atoms with E-state index in [0.29, 0.717) is 35.5 Å². The van der Waals surface area contributed by atoms with Crippen LogP contribution in [-0.2, 0) is 10.0 Å². The number of amides is 1. The molecule has 0 atom stereocenters. The summed E-state index contributed by atoms with van der Waals surface area (Å²) in [7, 11) is -3.62. The second-order valence-electron chi connectivity index (χ2n) is 6.21. The summed E-state index contributed by atoms with van der Waals surface area (Å²) in [6, 6.07) is 8.11. The molecule has 1 aromatic carbocycles. The number of nitrogens with zero attached hydrogens (tertiary/aromatic N) is 4. The van der Waals surface area contributed by atoms with Crippen molar-refractivity contribution < 1.29 is 13.2 Å². The number of primary amides is 1. The van der Waals surface area contributed by atoms with Crippen LogP contribution in [0.1, 0.15) is 10.4 Å². The zero-order valence-corrected chi connectivity index (χ0v) is 15.2. The van der Waals surface area contributed by atoms with Crippen molar-refractivity contribution in [2.24, 2.45) is 5.73 Å². The minimum absolute atomic E-state index is 0.225. The molecule has 1 aliphatic rings. The standard InChI is InChI=1S/C17H18N6O3S/c18-16(24)13-2-1-5-19-17(13)22-6-8-23(9-7-22)27(25,26)12-3-4-14-15(10-12)21-11-20-14/h1-5,10-11H,6-9H2,(H2,18,24)(H,20,21). The van der Waals surface area contributed by atoms with Gasteiger partial charge in [-0.3, -0.25) is 4.79 Å². The maximum Gasteiger partial charge on any atom is 0.252 e. The highest BCUT2D eigenvalue weighted by molar-refractivity contribution is 7.89. The topological polar surface area (TPSA) is 125 Å². The number of rotatable bonds is 4. The normalized spacial score (nSPS) is 15.9. The number of carbonyl (C=O) groups excluding carboxylic acids is 1. The monoisotopic (exact) mass is 386 g/mol. The number of pyridine rings is 1. The molecule has 4 rings (SSSR count). The second-order valence-corrected chi connectivity index (χ2v) is 8.15. The molecule has 3 aromatic rings. The van der Waals surface area contributed by atoms with Crippen LogP contribution in [0, 0.1) is 0 Å². The van der Waals surface area contributed by atoms with Crippen molar-refractivity contribution in [2.75, 3.05) is 31.1 Å². The lowest BCUT2D eigenvalue weighted by Crippen LogP contribution is -2.49. The molecule has 1 amide bonds. The van der Waals surface area contributed by atoms with Crippen LogP contribution in [0.5, 0.6) is 0 Å². The lowest BCUT2D eigenvalue weighted by Gasteiger charge is -2.35. The van der Waals surface area contributed by atoms with Gasteiger partial charge in [0.05, 0.1) is 27.8 Å². The molecule has 0 saturated carbocycles. The van der Waals surface area contributed by atoms with Gasteiger partial charge in [0.1, 0.15) is 5.82 Å². The fraction of sp³-hybridized carbons (Fsp3) is 0.235. The quantitative estimate of drug-likeness (QED) is 0.675. The van der Waals surface area contributed by atoms with Crippen LogP contribution >= 0.6 is 0 Å². The molecule has 9 nitrogen and oxygen atoms in total. The number of aromatic nitrogens is 3. The molecule has 3 heterocycles. The van der Waals surface area contributed by atoms with Crippen LogP contribution in [-0.4, -0.2) is 59.8 Å². The number of aromatic amines is 1. The van der Waals surface area contributed by atoms with Crippen molar-refractivity contribution in [1.82, 2.24) is 19.3 Å². The number of fused-ring (bicyclic) bond motifs is 1. The van der Waals surface area contributed by atoms with E-state index >= 15 is 0 Å². The fourth-order valence-corrected chi connectivity index (χ4v) is 4.65. The van der Waals surface area contributed by atoms with E-state index in [9.17, 15) is 13.2 Å². The SMILES string of the molecule is NC(=O)c1cccnc1N1CCN(S(=O)(=O)c2ccc3nc[nH]c3c2)CC1. The van der Waals surface area contributed by atoms with Crippen molar-refractivity contribution in [3.05, 3.63) is 48.4 Å². The highest BCUT2D eigenvalue weighted by atomic mass is 32.2. The Morgan fingerprint density at radius 1 is 1.11 bits per heavy atom. The van der Waals surface area contributed by atoms with Gasteiger partial charge in [0.25, 0.3) is 5.91 Å². The number of hydrogen-bond acceptors (Lipinski definition) is 6. The minimum atomic E-state index is -3.62. The first kappa shape index (κ1) is 17.4. The number of sulfonamides is 1. The van der Waals surface area contributed by atoms with Crippen molar-refractivity contribution in [3.8, 4) is 0 Å². The van der Waals surface area contributed by atoms with Crippen molar-refractivity contribution in [3.63, 3.8) is 0 Å². The molecule has 10 heteroatoms. The third-order valence-corrected chi connectivity index (χ3v) is 6.51. The Balaban J connectivity index is 1.54. The second kappa shape index (κ2) is 6.63. The Bertz CT molecular complexity index is 1100. The molecular weight excluding hydrogens is 368 g/mol. The molecule has 1 saturated heterocycles. The van der Waals surface area contributed by atoms with Gasteiger partial charge < -0.3 is 15.6 Å². The highest BCUT2D eigenvalue weighted by Crippen LogP contribution is 2.23. The predicted molar refractivity (Wildman–Crippen MR) is 99.8 cm³/mol. The van der Waals surface area contributed by atoms with Crippen LogP contribution in [0.3, 0.4) is 0 Å². The van der Waals surface area contributed by atoms with E-state index in [1.54, 1.807) is 36.5 Å². The average Bonchev–Trinajstić information content (AvgIpc) is 3.16. The van der Waals surface area contributed by atoms with Crippen molar-refractivity contribution in [1.29, 1.82) is 0 Å². The van der Waals surface area contributed by atoms with E-state index in [1.807, 2.05) is 4.90 Å². The molecule has 0 spiro atoms. The number of hydrogen-bond donors (Lipinski definition) is 2. The number of nitrogens with two attached hydrogens (primary N) is 1. The van der Waals surface area contributed by atoms with E-state index < -0.39 is 15.9 Å². The third kappa shape index (κ3) is 3.13. The van der Waals surface area contributed by atoms with Gasteiger partial charge in [-0.2, -0.15) is 4.31 Å². The van der Waals surface area contributed by atoms with Gasteiger partial charge in [-0.25, -0.2) is 18.4 Å². The van der Waals surface area contributed by atoms with E-state index in [0.717, 1.165) is 0 Å². The third-order valence-electron chi connectivity index (χ3n) is 4.62. The Kier molecular flexibility index (Phi) is 4.28. The summed E-state index contributed by atoms with van der Waals surface area (Å²) in [5.74, 6) is -0.0676. The Morgan fingerprint density at radius 3 is 2.63 bits per heavy atom. The molecule has 1 fully saturated rings. The summed E-state index contributed by atoms with van der Waals surface area (Å²) in [6.45, 7) is 1.42. The minimum Gasteiger partial charge on any atom is -0.365 e. The highest BCUT2D eigenvalue weighted by Gasteiger charge is 2.30. The van der Waals surface area contributed by atoms with Crippen LogP contribution < -0.4 is 10.6 Å². The van der Waals surface area contributed by atoms with Gasteiger partial charge in [-0.15, -0.1) is 0 Å². The molecule has 0 unspecified atom stereocenters. The first-order valence-electron chi connectivity index (χ1n) is 8.40. The summed E-state index contributed by atoms with van der Waals surface area (Å²) in [5.41, 5.74) is 7.13. The maximum absolute atomic E-state index is 13.0. The number of piperazine rings is 1. The van der Waals surface area contributed by atoms with E-state index in [2.05, 4.69) is 15.0 Å². The van der Waals surface area contributed by atoms with Gasteiger partial charge in [0, 0.05) is 32.4 Å². The number of carbonyl (C=O) groups is 1. The lowest BCUT2D eigenvalue weighted by molar-refractivity contribution is 0.1000. The molecule has 27 heavy (non-hydrogen) atoms. The molecule has 3 N–H and O–H groups in total. The summed E-state index contributed by atoms with van der Waals surface area (Å²) in [6.07, 6.45) is 3.12. The summed E-state index contributed by atoms with van der Waals surface area (Å²) in [4.78, 5) is 25.0. The van der Waals surface area contributed by atoms with Crippen LogP contribution in [0.2, 0.25) is 0 Å². The summed E-state index contributed by atoms with van der Waals surface area (Å²) in [5, 5.41) is 0. The number of imidazole rings is 1. The van der Waals surface area contributed by atoms with E-state index in [4.69, 9.17) is 5.73 Å². The fourth-order valence-electron chi connectivity index (χ4n) is 3.21. The van der Waals surface area contributed by atoms with Crippen molar-refractivity contribution >= 4 is 32.8 Å². The molecule has 2 aromatic heterocycles. The van der Waals surface area contributed by atoms with Gasteiger partial charge in [0.15, 0.2) is 0 Å². The first-order chi connectivity index (χ1) is 13.0. The zero-order chi connectivity index (χ0) is 19.0. The summed E-state index contributed by atoms with van der Waals surface area (Å²) < 4.78 is 27.3. The zero-order valence-electron chi connectivity index (χ0n) is 14.4. The molecule has 0 radical (unpaired) electrons. The van der Waals surface area contributed by atoms with E-state index in [-0.39, 0.29) is 18.0 Å². The first-order valence-corrected chi connectivity index (χ1v) is 9.84. The van der Waals surface area contributed by atoms with E-state index in [1.165, 1.54) is 10.6 Å². The number of nitrogens with one attached hydrogen (secondary N) is 1. The smallest absolute Gasteiger partial charge is 0.252 e. The van der Waals surface area contributed by atoms with Gasteiger partial charge in [-0.05, 0) is 30.3 Å². The largest absolute Gasteiger partial charge is 0.365 e.